The molecule has 3 aromatic rings. The quantitative estimate of drug-likeness (QED) is 0.379. The van der Waals surface area contributed by atoms with E-state index in [1.54, 1.807) is 6.92 Å². The van der Waals surface area contributed by atoms with Crippen LogP contribution in [0.5, 0.6) is 0 Å². The van der Waals surface area contributed by atoms with Gasteiger partial charge in [0, 0.05) is 6.42 Å². The maximum Gasteiger partial charge on any atom is 0.229 e. The van der Waals surface area contributed by atoms with Crippen LogP contribution in [0.2, 0.25) is 0 Å². The number of benzene rings is 3. The van der Waals surface area contributed by atoms with E-state index in [1.807, 2.05) is 61.5 Å². The standard InChI is InChI=1S/C26H28O2Si/c1-3-26(2,28)21-22(27)19-20-29(23-13-7-4-8-14-23,24-15-9-5-10-16-24)25-17-11-6-12-18-25/h4-18,22,27-28H,3,21H2,1-2H3. The van der Waals surface area contributed by atoms with Crippen molar-refractivity contribution in [2.24, 2.45) is 0 Å². The Balaban J connectivity index is 2.20. The minimum Gasteiger partial charge on any atom is -0.390 e. The zero-order chi connectivity index (χ0) is 20.7. The molecule has 3 aromatic carbocycles. The third kappa shape index (κ3) is 4.86. The van der Waals surface area contributed by atoms with E-state index in [0.717, 1.165) is 0 Å². The van der Waals surface area contributed by atoms with Gasteiger partial charge < -0.3 is 10.2 Å². The van der Waals surface area contributed by atoms with Crippen molar-refractivity contribution < 1.29 is 10.2 Å². The van der Waals surface area contributed by atoms with Crippen molar-refractivity contribution in [3.05, 3.63) is 91.0 Å². The largest absolute Gasteiger partial charge is 0.390 e. The van der Waals surface area contributed by atoms with Crippen molar-refractivity contribution in [2.75, 3.05) is 0 Å². The Hall–Kier alpha value is -2.64. The van der Waals surface area contributed by atoms with Crippen LogP contribution in [-0.2, 0) is 0 Å². The molecular weight excluding hydrogens is 372 g/mol. The van der Waals surface area contributed by atoms with Gasteiger partial charge in [0.15, 0.2) is 0 Å². The van der Waals surface area contributed by atoms with Crippen LogP contribution >= 0.6 is 0 Å². The highest BCUT2D eigenvalue weighted by Gasteiger charge is 2.38. The molecule has 2 unspecified atom stereocenters. The molecule has 0 saturated heterocycles. The monoisotopic (exact) mass is 400 g/mol. The summed E-state index contributed by atoms with van der Waals surface area (Å²) in [6, 6.07) is 31.1. The number of aliphatic hydroxyl groups excluding tert-OH is 1. The minimum absolute atomic E-state index is 0.235. The van der Waals surface area contributed by atoms with Crippen molar-refractivity contribution in [2.45, 2.75) is 38.4 Å². The summed E-state index contributed by atoms with van der Waals surface area (Å²) in [5, 5.41) is 24.5. The van der Waals surface area contributed by atoms with Gasteiger partial charge in [0.25, 0.3) is 0 Å². The molecule has 0 heterocycles. The smallest absolute Gasteiger partial charge is 0.229 e. The van der Waals surface area contributed by atoms with Crippen LogP contribution in [0.3, 0.4) is 0 Å². The second-order valence-corrected chi connectivity index (χ2v) is 11.2. The van der Waals surface area contributed by atoms with Crippen LogP contribution in [0.15, 0.2) is 91.0 Å². The van der Waals surface area contributed by atoms with E-state index in [9.17, 15) is 10.2 Å². The molecule has 0 amide bonds. The maximum absolute atomic E-state index is 10.6. The van der Waals surface area contributed by atoms with Gasteiger partial charge in [0.2, 0.25) is 8.07 Å². The Morgan fingerprint density at radius 3 is 1.52 bits per heavy atom. The minimum atomic E-state index is -2.67. The summed E-state index contributed by atoms with van der Waals surface area (Å²) in [6.45, 7) is 3.66. The van der Waals surface area contributed by atoms with Gasteiger partial charge in [-0.3, -0.25) is 0 Å². The third-order valence-electron chi connectivity index (χ3n) is 5.44. The Morgan fingerprint density at radius 1 is 0.793 bits per heavy atom. The van der Waals surface area contributed by atoms with Gasteiger partial charge in [-0.05, 0) is 28.9 Å². The molecule has 0 fully saturated rings. The van der Waals surface area contributed by atoms with Crippen molar-refractivity contribution in [1.29, 1.82) is 0 Å². The van der Waals surface area contributed by atoms with Gasteiger partial charge in [0.1, 0.15) is 6.10 Å². The lowest BCUT2D eigenvalue weighted by Crippen LogP contribution is -2.66. The number of hydrogen-bond donors (Lipinski definition) is 2. The summed E-state index contributed by atoms with van der Waals surface area (Å²) in [6.07, 6.45) is -0.0723. The Bertz CT molecular complexity index is 860. The molecule has 0 radical (unpaired) electrons. The van der Waals surface area contributed by atoms with Crippen LogP contribution in [0, 0.1) is 11.5 Å². The van der Waals surface area contributed by atoms with Crippen LogP contribution in [-0.4, -0.2) is 30.0 Å². The van der Waals surface area contributed by atoms with Crippen molar-refractivity contribution in [1.82, 2.24) is 0 Å². The van der Waals surface area contributed by atoms with Gasteiger partial charge in [-0.15, -0.1) is 5.54 Å². The van der Waals surface area contributed by atoms with E-state index in [1.165, 1.54) is 15.6 Å². The molecule has 0 spiro atoms. The molecule has 2 nitrogen and oxygen atoms in total. The molecule has 0 aromatic heterocycles. The van der Waals surface area contributed by atoms with Crippen LogP contribution in [0.1, 0.15) is 26.7 Å². The first-order chi connectivity index (χ1) is 14.0. The lowest BCUT2D eigenvalue weighted by molar-refractivity contribution is 0.0160. The lowest BCUT2D eigenvalue weighted by Gasteiger charge is -2.28. The number of hydrogen-bond acceptors (Lipinski definition) is 2. The molecule has 0 aliphatic carbocycles. The summed E-state index contributed by atoms with van der Waals surface area (Å²) < 4.78 is 0. The van der Waals surface area contributed by atoms with Crippen molar-refractivity contribution >= 4 is 23.6 Å². The second-order valence-electron chi connectivity index (χ2n) is 7.69. The molecule has 0 aliphatic rings. The molecule has 29 heavy (non-hydrogen) atoms. The average molecular weight is 401 g/mol. The molecule has 148 valence electrons. The van der Waals surface area contributed by atoms with Crippen LogP contribution in [0.4, 0.5) is 0 Å². The molecule has 2 atom stereocenters. The fourth-order valence-electron chi connectivity index (χ4n) is 3.58. The van der Waals surface area contributed by atoms with E-state index in [0.29, 0.717) is 6.42 Å². The highest BCUT2D eigenvalue weighted by Crippen LogP contribution is 2.16. The maximum atomic E-state index is 10.6. The Kier molecular flexibility index (Phi) is 6.71. The zero-order valence-electron chi connectivity index (χ0n) is 17.0. The van der Waals surface area contributed by atoms with E-state index < -0.39 is 19.8 Å². The predicted octanol–water partition coefficient (Wildman–Crippen LogP) is 2.61. The molecule has 0 saturated carbocycles. The Labute approximate surface area is 174 Å². The predicted molar refractivity (Wildman–Crippen MR) is 123 cm³/mol. The first kappa shape index (κ1) is 21.1. The van der Waals surface area contributed by atoms with Crippen LogP contribution in [0.25, 0.3) is 0 Å². The SMILES string of the molecule is CCC(C)(O)CC(O)C#C[Si](c1ccccc1)(c1ccccc1)c1ccccc1. The van der Waals surface area contributed by atoms with Crippen LogP contribution < -0.4 is 15.6 Å². The molecule has 2 N–H and O–H groups in total. The van der Waals surface area contributed by atoms with Gasteiger partial charge in [-0.2, -0.15) is 0 Å². The normalized spacial score (nSPS) is 14.3. The fourth-order valence-corrected chi connectivity index (χ4v) is 7.48. The average Bonchev–Trinajstić information content (AvgIpc) is 2.76. The number of aliphatic hydroxyl groups is 2. The topological polar surface area (TPSA) is 40.5 Å². The first-order valence-electron chi connectivity index (χ1n) is 10.1. The summed E-state index contributed by atoms with van der Waals surface area (Å²) in [7, 11) is -2.67. The molecule has 3 heteroatoms. The van der Waals surface area contributed by atoms with Crippen molar-refractivity contribution in [3.8, 4) is 11.5 Å². The zero-order valence-corrected chi connectivity index (χ0v) is 18.0. The van der Waals surface area contributed by atoms with Gasteiger partial charge in [-0.1, -0.05) is 104 Å². The highest BCUT2D eigenvalue weighted by molar-refractivity contribution is 7.16. The van der Waals surface area contributed by atoms with E-state index in [-0.39, 0.29) is 6.42 Å². The highest BCUT2D eigenvalue weighted by atomic mass is 28.3. The molecule has 0 aliphatic heterocycles. The summed E-state index contributed by atoms with van der Waals surface area (Å²) in [5.41, 5.74) is 2.63. The Morgan fingerprint density at radius 2 is 1.17 bits per heavy atom. The summed E-state index contributed by atoms with van der Waals surface area (Å²) >= 11 is 0. The fraction of sp³-hybridized carbons (Fsp3) is 0.231. The third-order valence-corrected chi connectivity index (χ3v) is 9.56. The van der Waals surface area contributed by atoms with Crippen molar-refractivity contribution in [3.63, 3.8) is 0 Å². The lowest BCUT2D eigenvalue weighted by atomic mass is 9.96. The van der Waals surface area contributed by atoms with Gasteiger partial charge in [0.05, 0.1) is 5.60 Å². The second kappa shape index (κ2) is 9.24. The molecular formula is C26H28O2Si. The van der Waals surface area contributed by atoms with E-state index in [2.05, 4.69) is 47.9 Å². The first-order valence-corrected chi connectivity index (χ1v) is 12.1. The number of rotatable bonds is 6. The summed E-state index contributed by atoms with van der Waals surface area (Å²) in [4.78, 5) is 0. The van der Waals surface area contributed by atoms with E-state index >= 15 is 0 Å². The van der Waals surface area contributed by atoms with E-state index in [4.69, 9.17) is 0 Å². The van der Waals surface area contributed by atoms with Gasteiger partial charge in [-0.25, -0.2) is 0 Å². The molecule has 0 bridgehead atoms. The van der Waals surface area contributed by atoms with Gasteiger partial charge >= 0.3 is 0 Å². The summed E-state index contributed by atoms with van der Waals surface area (Å²) in [5.74, 6) is 3.12. The molecule has 3 rings (SSSR count).